The van der Waals surface area contributed by atoms with Gasteiger partial charge in [-0.3, -0.25) is 0 Å². The Labute approximate surface area is 150 Å². The maximum absolute atomic E-state index is 11.8. The van der Waals surface area contributed by atoms with Crippen molar-refractivity contribution >= 4 is 57.2 Å². The molecule has 1 aromatic heterocycles. The average Bonchev–Trinajstić information content (AvgIpc) is 2.64. The number of nitrogens with one attached hydrogen (secondary N) is 1. The van der Waals surface area contributed by atoms with Gasteiger partial charge in [0, 0.05) is 0 Å². The second kappa shape index (κ2) is 7.11. The Morgan fingerprint density at radius 3 is 2.38 bits per heavy atom. The first-order chi connectivity index (χ1) is 9.53. The predicted octanol–water partition coefficient (Wildman–Crippen LogP) is 2.63. The van der Waals surface area contributed by atoms with Crippen LogP contribution < -0.4 is 5.32 Å². The van der Waals surface area contributed by atoms with E-state index in [1.165, 1.54) is 0 Å². The van der Waals surface area contributed by atoms with Gasteiger partial charge in [-0.25, -0.2) is 14.6 Å². The number of aliphatic carboxylic acids is 1. The highest BCUT2D eigenvalue weighted by Gasteiger charge is 2.31. The molecule has 2 atom stereocenters. The molecule has 2 unspecified atom stereocenters. The zero-order chi connectivity index (χ0) is 16.4. The van der Waals surface area contributed by atoms with Crippen molar-refractivity contribution in [2.45, 2.75) is 45.4 Å². The van der Waals surface area contributed by atoms with Gasteiger partial charge in [0.15, 0.2) is 6.04 Å². The molecule has 21 heavy (non-hydrogen) atoms. The van der Waals surface area contributed by atoms with Crippen LogP contribution in [0.5, 0.6) is 0 Å². The van der Waals surface area contributed by atoms with E-state index in [2.05, 4.69) is 55.5 Å². The van der Waals surface area contributed by atoms with E-state index in [-0.39, 0.29) is 0 Å². The van der Waals surface area contributed by atoms with Crippen molar-refractivity contribution < 1.29 is 19.4 Å². The molecule has 2 N–H and O–H groups in total. The fourth-order valence-corrected chi connectivity index (χ4v) is 2.70. The van der Waals surface area contributed by atoms with Crippen molar-refractivity contribution in [1.82, 2.24) is 14.9 Å². The molecule has 1 amide bonds. The van der Waals surface area contributed by atoms with E-state index in [1.54, 1.807) is 38.6 Å². The Morgan fingerprint density at radius 2 is 2.00 bits per heavy atom. The van der Waals surface area contributed by atoms with Crippen LogP contribution in [-0.2, 0) is 9.53 Å². The molecule has 1 aromatic rings. The molecule has 0 bridgehead atoms. The van der Waals surface area contributed by atoms with E-state index in [0.29, 0.717) is 0 Å². The van der Waals surface area contributed by atoms with Gasteiger partial charge in [0.25, 0.3) is 0 Å². The fraction of sp³-hybridized carbons (Fsp3) is 0.583. The molecule has 0 aliphatic carbocycles. The van der Waals surface area contributed by atoms with Gasteiger partial charge in [-0.05, 0) is 72.9 Å². The zero-order valence-corrected chi connectivity index (χ0v) is 16.4. The lowest BCUT2D eigenvalue weighted by Crippen LogP contribution is -2.47. The van der Waals surface area contributed by atoms with Crippen molar-refractivity contribution in [3.05, 3.63) is 13.7 Å². The molecule has 0 saturated carbocycles. The molecule has 0 saturated heterocycles. The quantitative estimate of drug-likeness (QED) is 0.595. The number of alkyl carbamates (subject to hydrolysis) is 1. The molecule has 0 fully saturated rings. The highest BCUT2D eigenvalue weighted by Crippen LogP contribution is 2.21. The number of amides is 1. The summed E-state index contributed by atoms with van der Waals surface area (Å²) in [7, 11) is 0. The maximum Gasteiger partial charge on any atom is 0.408 e. The number of aromatic nitrogens is 2. The van der Waals surface area contributed by atoms with Gasteiger partial charge in [-0.15, -0.1) is 0 Å². The molecule has 1 heterocycles. The van der Waals surface area contributed by atoms with Crippen LogP contribution in [0.25, 0.3) is 0 Å². The number of halogens is 2. The van der Waals surface area contributed by atoms with Gasteiger partial charge in [0.05, 0.1) is 12.4 Å². The van der Waals surface area contributed by atoms with E-state index in [4.69, 9.17) is 4.74 Å². The second-order valence-electron chi connectivity index (χ2n) is 5.44. The average molecular weight is 521 g/mol. The predicted molar refractivity (Wildman–Crippen MR) is 93.2 cm³/mol. The van der Waals surface area contributed by atoms with Gasteiger partial charge >= 0.3 is 12.1 Å². The minimum absolute atomic E-state index is 0.502. The molecule has 0 spiro atoms. The van der Waals surface area contributed by atoms with Gasteiger partial charge in [0.1, 0.15) is 13.0 Å². The van der Waals surface area contributed by atoms with E-state index in [1.807, 2.05) is 0 Å². The summed E-state index contributed by atoms with van der Waals surface area (Å²) in [5.74, 6) is -1.13. The van der Waals surface area contributed by atoms with Crippen LogP contribution in [0.3, 0.4) is 0 Å². The van der Waals surface area contributed by atoms with Crippen molar-refractivity contribution in [3.8, 4) is 0 Å². The molecule has 9 heteroatoms. The van der Waals surface area contributed by atoms with Gasteiger partial charge in [-0.1, -0.05) is 0 Å². The first-order valence-electron chi connectivity index (χ1n) is 6.13. The van der Waals surface area contributed by atoms with Gasteiger partial charge in [-0.2, -0.15) is 0 Å². The van der Waals surface area contributed by atoms with Crippen molar-refractivity contribution in [1.29, 1.82) is 0 Å². The minimum Gasteiger partial charge on any atom is -0.480 e. The molecule has 1 rings (SSSR count). The molecular formula is C12H17I2N3O4. The normalized spacial score (nSPS) is 14.4. The number of rotatable bonds is 4. The SMILES string of the molecule is CC(C(NC(=O)OC(C)(C)C)C(=O)O)n1cnc(I)c1I. The molecule has 118 valence electrons. The Hall–Kier alpha value is -0.590. The Morgan fingerprint density at radius 1 is 1.43 bits per heavy atom. The Bertz CT molecular complexity index is 539. The van der Waals surface area contributed by atoms with Crippen LogP contribution in [0, 0.1) is 7.40 Å². The topological polar surface area (TPSA) is 93.5 Å². The number of carbonyl (C=O) groups is 2. The Kier molecular flexibility index (Phi) is 6.25. The Balaban J connectivity index is 2.90. The summed E-state index contributed by atoms with van der Waals surface area (Å²) in [5.41, 5.74) is -0.685. The summed E-state index contributed by atoms with van der Waals surface area (Å²) in [6, 6.07) is -1.61. The maximum atomic E-state index is 11.8. The van der Waals surface area contributed by atoms with Gasteiger partial charge < -0.3 is 19.7 Å². The number of hydrogen-bond donors (Lipinski definition) is 2. The largest absolute Gasteiger partial charge is 0.480 e. The van der Waals surface area contributed by atoms with Gasteiger partial charge in [0.2, 0.25) is 0 Å². The summed E-state index contributed by atoms with van der Waals surface area (Å²) in [4.78, 5) is 27.3. The first kappa shape index (κ1) is 18.5. The smallest absolute Gasteiger partial charge is 0.408 e. The van der Waals surface area contributed by atoms with Crippen molar-refractivity contribution in [3.63, 3.8) is 0 Å². The number of carbonyl (C=O) groups excluding carboxylic acids is 1. The number of carboxylic acid groups (broad SMARTS) is 1. The summed E-state index contributed by atoms with van der Waals surface area (Å²) in [5, 5.41) is 11.7. The highest BCUT2D eigenvalue weighted by atomic mass is 127. The van der Waals surface area contributed by atoms with E-state index >= 15 is 0 Å². The van der Waals surface area contributed by atoms with Crippen LogP contribution in [-0.4, -0.2) is 38.4 Å². The van der Waals surface area contributed by atoms with Crippen LogP contribution in [0.15, 0.2) is 6.33 Å². The summed E-state index contributed by atoms with van der Waals surface area (Å²) < 4.78 is 8.40. The first-order valence-corrected chi connectivity index (χ1v) is 8.29. The minimum atomic E-state index is -1.13. The lowest BCUT2D eigenvalue weighted by atomic mass is 10.1. The fourth-order valence-electron chi connectivity index (χ4n) is 1.59. The van der Waals surface area contributed by atoms with Crippen molar-refractivity contribution in [2.24, 2.45) is 0 Å². The summed E-state index contributed by atoms with van der Waals surface area (Å²) in [6.07, 6.45) is 0.799. The third kappa shape index (κ3) is 5.27. The lowest BCUT2D eigenvalue weighted by molar-refractivity contribution is -0.140. The molecule has 0 radical (unpaired) electrons. The summed E-state index contributed by atoms with van der Waals surface area (Å²) in [6.45, 7) is 6.85. The number of imidazole rings is 1. The monoisotopic (exact) mass is 521 g/mol. The number of ether oxygens (including phenoxy) is 1. The standard InChI is InChI=1S/C12H17I2N3O4/c1-6(17-5-15-8(13)9(17)14)7(10(18)19)16-11(20)21-12(2,3)4/h5-7H,1-4H3,(H,16,20)(H,18,19). The summed E-state index contributed by atoms with van der Waals surface area (Å²) >= 11 is 4.15. The molecule has 0 aromatic carbocycles. The van der Waals surface area contributed by atoms with E-state index in [9.17, 15) is 14.7 Å². The van der Waals surface area contributed by atoms with Crippen LogP contribution in [0.4, 0.5) is 4.79 Å². The van der Waals surface area contributed by atoms with Crippen LogP contribution in [0.1, 0.15) is 33.7 Å². The second-order valence-corrected chi connectivity index (χ2v) is 7.48. The van der Waals surface area contributed by atoms with E-state index < -0.39 is 29.7 Å². The highest BCUT2D eigenvalue weighted by molar-refractivity contribution is 14.1. The van der Waals surface area contributed by atoms with Crippen LogP contribution >= 0.6 is 45.2 Å². The molecule has 0 aliphatic rings. The third-order valence-electron chi connectivity index (χ3n) is 2.55. The van der Waals surface area contributed by atoms with Crippen LogP contribution in [0.2, 0.25) is 0 Å². The number of hydrogen-bond acceptors (Lipinski definition) is 4. The lowest BCUT2D eigenvalue weighted by Gasteiger charge is -2.25. The number of nitrogens with zero attached hydrogens (tertiary/aromatic N) is 2. The zero-order valence-electron chi connectivity index (χ0n) is 12.1. The molecule has 7 nitrogen and oxygen atoms in total. The molecular weight excluding hydrogens is 504 g/mol. The van der Waals surface area contributed by atoms with E-state index in [0.717, 1.165) is 7.40 Å². The number of carboxylic acids is 1. The third-order valence-corrected chi connectivity index (χ3v) is 5.44. The van der Waals surface area contributed by atoms with Crippen molar-refractivity contribution in [2.75, 3.05) is 0 Å². The molecule has 0 aliphatic heterocycles.